The van der Waals surface area contributed by atoms with Crippen molar-refractivity contribution in [3.8, 4) is 0 Å². The molecule has 0 saturated carbocycles. The molecule has 21 heavy (non-hydrogen) atoms. The minimum Gasteiger partial charge on any atom is -0.293 e. The minimum atomic E-state index is 0.0606. The number of rotatable bonds is 4. The van der Waals surface area contributed by atoms with Gasteiger partial charge in [-0.05, 0) is 35.2 Å². The topological polar surface area (TPSA) is 17.1 Å². The van der Waals surface area contributed by atoms with Gasteiger partial charge in [0.15, 0.2) is 5.78 Å². The Hall–Kier alpha value is -1.25. The highest BCUT2D eigenvalue weighted by molar-refractivity contribution is 8.00. The fraction of sp³-hybridized carbons (Fsp3) is 0.278. The fourth-order valence-corrected chi connectivity index (χ4v) is 2.99. The summed E-state index contributed by atoms with van der Waals surface area (Å²) in [6.07, 6.45) is 0. The summed E-state index contributed by atoms with van der Waals surface area (Å²) >= 11 is 7.58. The van der Waals surface area contributed by atoms with E-state index in [9.17, 15) is 4.79 Å². The molecular formula is C18H19ClOS. The highest BCUT2D eigenvalue weighted by Gasteiger charge is 2.14. The first-order valence-corrected chi connectivity index (χ1v) is 8.25. The predicted octanol–water partition coefficient (Wildman–Crippen LogP) is 5.61. The number of thioether (sulfide) groups is 1. The van der Waals surface area contributed by atoms with Crippen molar-refractivity contribution in [2.75, 3.05) is 5.75 Å². The zero-order chi connectivity index (χ0) is 15.5. The summed E-state index contributed by atoms with van der Waals surface area (Å²) in [5.41, 5.74) is 2.04. The van der Waals surface area contributed by atoms with E-state index >= 15 is 0 Å². The second kappa shape index (κ2) is 6.67. The second-order valence-corrected chi connectivity index (χ2v) is 7.42. The molecule has 0 spiro atoms. The van der Waals surface area contributed by atoms with Crippen LogP contribution in [0.2, 0.25) is 5.02 Å². The van der Waals surface area contributed by atoms with Crippen LogP contribution in [-0.4, -0.2) is 11.5 Å². The van der Waals surface area contributed by atoms with Crippen molar-refractivity contribution in [3.63, 3.8) is 0 Å². The number of ketones is 1. The average molecular weight is 319 g/mol. The van der Waals surface area contributed by atoms with Crippen LogP contribution in [0.3, 0.4) is 0 Å². The van der Waals surface area contributed by atoms with E-state index in [1.807, 2.05) is 12.1 Å². The first kappa shape index (κ1) is 16.1. The molecule has 0 unspecified atom stereocenters. The Kier molecular flexibility index (Phi) is 5.13. The molecule has 0 atom stereocenters. The van der Waals surface area contributed by atoms with Crippen LogP contribution in [0.4, 0.5) is 0 Å². The Morgan fingerprint density at radius 1 is 1.05 bits per heavy atom. The van der Waals surface area contributed by atoms with Gasteiger partial charge in [-0.3, -0.25) is 4.79 Å². The maximum atomic E-state index is 12.2. The molecule has 0 saturated heterocycles. The molecule has 0 bridgehead atoms. The monoisotopic (exact) mass is 318 g/mol. The molecule has 0 radical (unpaired) electrons. The number of benzene rings is 2. The lowest BCUT2D eigenvalue weighted by Crippen LogP contribution is -2.10. The first-order valence-electron chi connectivity index (χ1n) is 6.89. The molecule has 0 aliphatic rings. The Labute approximate surface area is 135 Å². The van der Waals surface area contributed by atoms with Crippen molar-refractivity contribution in [2.45, 2.75) is 31.1 Å². The second-order valence-electron chi connectivity index (χ2n) is 5.97. The molecule has 3 heteroatoms. The van der Waals surface area contributed by atoms with Crippen LogP contribution in [0.5, 0.6) is 0 Å². The standard InChI is InChI=1S/C18H19ClOS/c1-18(2,3)13-8-10-14(11-9-13)21-12-17(20)15-6-4-5-7-16(15)19/h4-11H,12H2,1-3H3. The largest absolute Gasteiger partial charge is 0.293 e. The Morgan fingerprint density at radius 3 is 2.24 bits per heavy atom. The van der Waals surface area contributed by atoms with E-state index in [4.69, 9.17) is 11.6 Å². The summed E-state index contributed by atoms with van der Waals surface area (Å²) in [5.74, 6) is 0.462. The summed E-state index contributed by atoms with van der Waals surface area (Å²) in [4.78, 5) is 13.3. The zero-order valence-corrected chi connectivity index (χ0v) is 14.1. The minimum absolute atomic E-state index is 0.0606. The van der Waals surface area contributed by atoms with Crippen molar-refractivity contribution < 1.29 is 4.79 Å². The number of carbonyl (C=O) groups excluding carboxylic acids is 1. The van der Waals surface area contributed by atoms with Gasteiger partial charge in [-0.25, -0.2) is 0 Å². The third-order valence-corrected chi connectivity index (χ3v) is 4.61. The van der Waals surface area contributed by atoms with Gasteiger partial charge in [0.1, 0.15) is 0 Å². The molecule has 0 heterocycles. The van der Waals surface area contributed by atoms with Crippen LogP contribution in [0, 0.1) is 0 Å². The number of halogens is 1. The Balaban J connectivity index is 2.00. The van der Waals surface area contributed by atoms with Gasteiger partial charge in [0.25, 0.3) is 0 Å². The lowest BCUT2D eigenvalue weighted by atomic mass is 9.87. The Morgan fingerprint density at radius 2 is 1.67 bits per heavy atom. The molecule has 0 N–H and O–H groups in total. The van der Waals surface area contributed by atoms with Gasteiger partial charge in [-0.2, -0.15) is 0 Å². The lowest BCUT2D eigenvalue weighted by molar-refractivity contribution is 0.102. The third-order valence-electron chi connectivity index (χ3n) is 3.26. The smallest absolute Gasteiger partial charge is 0.174 e. The average Bonchev–Trinajstić information content (AvgIpc) is 2.45. The molecule has 2 aromatic rings. The molecule has 1 nitrogen and oxygen atoms in total. The van der Waals surface area contributed by atoms with Crippen LogP contribution in [-0.2, 0) is 5.41 Å². The molecule has 0 aliphatic heterocycles. The summed E-state index contributed by atoms with van der Waals surface area (Å²) in [6.45, 7) is 6.57. The molecule has 0 aromatic heterocycles. The number of carbonyl (C=O) groups is 1. The van der Waals surface area contributed by atoms with Gasteiger partial charge in [0.2, 0.25) is 0 Å². The maximum absolute atomic E-state index is 12.2. The number of hydrogen-bond acceptors (Lipinski definition) is 2. The molecule has 0 amide bonds. The first-order chi connectivity index (χ1) is 9.88. The van der Waals surface area contributed by atoms with Crippen LogP contribution >= 0.6 is 23.4 Å². The molecule has 110 valence electrons. The van der Waals surface area contributed by atoms with Crippen LogP contribution < -0.4 is 0 Å². The van der Waals surface area contributed by atoms with Crippen molar-refractivity contribution in [1.29, 1.82) is 0 Å². The molecular weight excluding hydrogens is 300 g/mol. The van der Waals surface area contributed by atoms with Gasteiger partial charge in [-0.1, -0.05) is 56.6 Å². The third kappa shape index (κ3) is 4.36. The van der Waals surface area contributed by atoms with Gasteiger partial charge >= 0.3 is 0 Å². The van der Waals surface area contributed by atoms with Crippen LogP contribution in [0.15, 0.2) is 53.4 Å². The highest BCUT2D eigenvalue weighted by atomic mass is 35.5. The predicted molar refractivity (Wildman–Crippen MR) is 91.6 cm³/mol. The summed E-state index contributed by atoms with van der Waals surface area (Å²) in [5, 5.41) is 0.520. The van der Waals surface area contributed by atoms with Gasteiger partial charge in [0, 0.05) is 10.5 Å². The summed E-state index contributed by atoms with van der Waals surface area (Å²) < 4.78 is 0. The van der Waals surface area contributed by atoms with E-state index in [0.29, 0.717) is 16.3 Å². The summed E-state index contributed by atoms with van der Waals surface area (Å²) in [6, 6.07) is 15.6. The molecule has 2 aromatic carbocycles. The maximum Gasteiger partial charge on any atom is 0.174 e. The van der Waals surface area contributed by atoms with Crippen molar-refractivity contribution >= 4 is 29.1 Å². The van der Waals surface area contributed by atoms with E-state index in [1.54, 1.807) is 23.9 Å². The van der Waals surface area contributed by atoms with E-state index in [0.717, 1.165) is 4.90 Å². The molecule has 0 fully saturated rings. The Bertz CT molecular complexity index is 626. The van der Waals surface area contributed by atoms with E-state index < -0.39 is 0 Å². The fourth-order valence-electron chi connectivity index (χ4n) is 1.97. The van der Waals surface area contributed by atoms with E-state index in [2.05, 4.69) is 45.0 Å². The quantitative estimate of drug-likeness (QED) is 0.538. The van der Waals surface area contributed by atoms with Crippen LogP contribution in [0.1, 0.15) is 36.7 Å². The van der Waals surface area contributed by atoms with Gasteiger partial charge in [0.05, 0.1) is 10.8 Å². The summed E-state index contributed by atoms with van der Waals surface area (Å²) in [7, 11) is 0. The molecule has 2 rings (SSSR count). The van der Waals surface area contributed by atoms with Gasteiger partial charge < -0.3 is 0 Å². The SMILES string of the molecule is CC(C)(C)c1ccc(SCC(=O)c2ccccc2Cl)cc1. The molecule has 0 aliphatic carbocycles. The zero-order valence-electron chi connectivity index (χ0n) is 12.5. The highest BCUT2D eigenvalue weighted by Crippen LogP contribution is 2.26. The van der Waals surface area contributed by atoms with Gasteiger partial charge in [-0.15, -0.1) is 11.8 Å². The van der Waals surface area contributed by atoms with Crippen molar-refractivity contribution in [2.24, 2.45) is 0 Å². The number of hydrogen-bond donors (Lipinski definition) is 0. The number of Topliss-reactive ketones (excluding diaryl/α,β-unsaturated/α-hetero) is 1. The lowest BCUT2D eigenvalue weighted by Gasteiger charge is -2.19. The van der Waals surface area contributed by atoms with Crippen LogP contribution in [0.25, 0.3) is 0 Å². The van der Waals surface area contributed by atoms with E-state index in [-0.39, 0.29) is 11.2 Å². The van der Waals surface area contributed by atoms with Crippen molar-refractivity contribution in [1.82, 2.24) is 0 Å². The van der Waals surface area contributed by atoms with Crippen molar-refractivity contribution in [3.05, 3.63) is 64.7 Å². The van der Waals surface area contributed by atoms with E-state index in [1.165, 1.54) is 5.56 Å². The normalized spacial score (nSPS) is 11.4.